The van der Waals surface area contributed by atoms with Crippen molar-refractivity contribution in [3.05, 3.63) is 29.6 Å². The maximum atomic E-state index is 13.5. The molecule has 0 radical (unpaired) electrons. The van der Waals surface area contributed by atoms with Gasteiger partial charge in [-0.3, -0.25) is 4.79 Å². The second-order valence-corrected chi connectivity index (χ2v) is 7.21. The lowest BCUT2D eigenvalue weighted by atomic mass is 9.60. The van der Waals surface area contributed by atoms with E-state index in [1.807, 2.05) is 0 Å². The van der Waals surface area contributed by atoms with Crippen molar-refractivity contribution in [2.75, 3.05) is 6.61 Å². The molecule has 0 saturated heterocycles. The van der Waals surface area contributed by atoms with E-state index in [0.717, 1.165) is 6.07 Å². The smallest absolute Gasteiger partial charge is 0.419 e. The van der Waals surface area contributed by atoms with Crippen molar-refractivity contribution in [3.63, 3.8) is 0 Å². The van der Waals surface area contributed by atoms with E-state index in [9.17, 15) is 27.5 Å². The van der Waals surface area contributed by atoms with E-state index in [2.05, 4.69) is 5.32 Å². The Kier molecular flexibility index (Phi) is 4.64. The van der Waals surface area contributed by atoms with Crippen LogP contribution in [0.25, 0.3) is 0 Å². The molecule has 26 heavy (non-hydrogen) atoms. The Morgan fingerprint density at radius 1 is 1.31 bits per heavy atom. The van der Waals surface area contributed by atoms with Gasteiger partial charge in [0.2, 0.25) is 0 Å². The summed E-state index contributed by atoms with van der Waals surface area (Å²) in [7, 11) is 0. The standard InChI is InChI=1S/C17H20F4N2O3/c18-12-7-10(1-2-11(12)17(19,20)21)26-9-14(25)23-15-3-5-16(22,6-4-15)13(24)8-15/h1-2,7,13,24H,3-6,8-9,22H2,(H,23,25)/t13-,15?,16?/m0/s1. The summed E-state index contributed by atoms with van der Waals surface area (Å²) in [6, 6.07) is 2.13. The van der Waals surface area contributed by atoms with Gasteiger partial charge in [-0.1, -0.05) is 0 Å². The number of aliphatic hydroxyl groups is 1. The highest BCUT2D eigenvalue weighted by Crippen LogP contribution is 2.45. The molecule has 3 aliphatic rings. The normalized spacial score (nSPS) is 30.9. The summed E-state index contributed by atoms with van der Waals surface area (Å²) >= 11 is 0. The van der Waals surface area contributed by atoms with Gasteiger partial charge in [0.1, 0.15) is 11.6 Å². The van der Waals surface area contributed by atoms with E-state index in [1.165, 1.54) is 0 Å². The average molecular weight is 376 g/mol. The fraction of sp³-hybridized carbons (Fsp3) is 0.588. The van der Waals surface area contributed by atoms with Crippen molar-refractivity contribution in [2.24, 2.45) is 5.73 Å². The fourth-order valence-corrected chi connectivity index (χ4v) is 3.78. The molecular formula is C17H20F4N2O3. The van der Waals surface area contributed by atoms with E-state index in [4.69, 9.17) is 10.5 Å². The Bertz CT molecular complexity index is 700. The maximum absolute atomic E-state index is 13.5. The Morgan fingerprint density at radius 2 is 1.96 bits per heavy atom. The van der Waals surface area contributed by atoms with E-state index in [-0.39, 0.29) is 5.75 Å². The molecule has 0 spiro atoms. The zero-order valence-corrected chi connectivity index (χ0v) is 13.9. The minimum absolute atomic E-state index is 0.170. The van der Waals surface area contributed by atoms with Crippen LogP contribution in [-0.2, 0) is 11.0 Å². The van der Waals surface area contributed by atoms with Crippen molar-refractivity contribution in [3.8, 4) is 5.75 Å². The van der Waals surface area contributed by atoms with Crippen LogP contribution in [-0.4, -0.2) is 34.8 Å². The molecule has 0 aromatic heterocycles. The predicted molar refractivity (Wildman–Crippen MR) is 83.8 cm³/mol. The molecule has 144 valence electrons. The maximum Gasteiger partial charge on any atom is 0.419 e. The zero-order chi connectivity index (χ0) is 19.2. The second-order valence-electron chi connectivity index (χ2n) is 7.21. The topological polar surface area (TPSA) is 84.6 Å². The summed E-state index contributed by atoms with van der Waals surface area (Å²) in [5, 5.41) is 13.0. The second kappa shape index (κ2) is 6.38. The molecule has 3 aliphatic carbocycles. The van der Waals surface area contributed by atoms with Crippen LogP contribution in [0.1, 0.15) is 37.7 Å². The first kappa shape index (κ1) is 18.9. The van der Waals surface area contributed by atoms with Crippen molar-refractivity contribution < 1.29 is 32.2 Å². The number of hydrogen-bond donors (Lipinski definition) is 3. The molecule has 5 nitrogen and oxygen atoms in total. The number of alkyl halides is 3. The number of halogens is 4. The largest absolute Gasteiger partial charge is 0.484 e. The quantitative estimate of drug-likeness (QED) is 0.703. The van der Waals surface area contributed by atoms with E-state index in [1.54, 1.807) is 0 Å². The summed E-state index contributed by atoms with van der Waals surface area (Å²) in [6.07, 6.45) is -2.67. The molecule has 1 amide bonds. The van der Waals surface area contributed by atoms with Crippen LogP contribution in [0, 0.1) is 5.82 Å². The molecule has 3 fully saturated rings. The van der Waals surface area contributed by atoms with Crippen molar-refractivity contribution in [1.29, 1.82) is 0 Å². The molecule has 0 heterocycles. The van der Waals surface area contributed by atoms with E-state index >= 15 is 0 Å². The molecular weight excluding hydrogens is 356 g/mol. The predicted octanol–water partition coefficient (Wildman–Crippen LogP) is 2.11. The van der Waals surface area contributed by atoms with Gasteiger partial charge < -0.3 is 20.9 Å². The number of benzene rings is 1. The van der Waals surface area contributed by atoms with Crippen LogP contribution in [0.15, 0.2) is 18.2 Å². The number of nitrogens with two attached hydrogens (primary N) is 1. The molecule has 1 atom stereocenters. The van der Waals surface area contributed by atoms with Gasteiger partial charge in [-0.05, 0) is 44.2 Å². The van der Waals surface area contributed by atoms with Crippen LogP contribution in [0.4, 0.5) is 17.6 Å². The van der Waals surface area contributed by atoms with Crippen LogP contribution in [0.5, 0.6) is 5.75 Å². The van der Waals surface area contributed by atoms with Crippen LogP contribution >= 0.6 is 0 Å². The lowest BCUT2D eigenvalue weighted by molar-refractivity contribution is -0.140. The molecule has 0 unspecified atom stereocenters. The van der Waals surface area contributed by atoms with Crippen LogP contribution in [0.2, 0.25) is 0 Å². The average Bonchev–Trinajstić information content (AvgIpc) is 2.54. The van der Waals surface area contributed by atoms with Gasteiger partial charge >= 0.3 is 6.18 Å². The number of carbonyl (C=O) groups is 1. The van der Waals surface area contributed by atoms with Crippen molar-refractivity contribution in [2.45, 2.75) is 55.5 Å². The highest BCUT2D eigenvalue weighted by Gasteiger charge is 2.52. The number of aliphatic hydroxyl groups excluding tert-OH is 1. The SMILES string of the molecule is NC12CCC(NC(=O)COc3ccc(C(F)(F)F)c(F)c3)(CC1)C[C@@H]2O. The Morgan fingerprint density at radius 3 is 2.50 bits per heavy atom. The highest BCUT2D eigenvalue weighted by molar-refractivity contribution is 5.78. The van der Waals surface area contributed by atoms with Crippen LogP contribution in [0.3, 0.4) is 0 Å². The third-order valence-electron chi connectivity index (χ3n) is 5.41. The number of rotatable bonds is 4. The number of ether oxygens (including phenoxy) is 1. The summed E-state index contributed by atoms with van der Waals surface area (Å²) in [4.78, 5) is 12.1. The minimum atomic E-state index is -4.79. The minimum Gasteiger partial charge on any atom is -0.484 e. The summed E-state index contributed by atoms with van der Waals surface area (Å²) in [6.45, 7) is -0.462. The van der Waals surface area contributed by atoms with Gasteiger partial charge in [-0.15, -0.1) is 0 Å². The van der Waals surface area contributed by atoms with Gasteiger partial charge in [0, 0.05) is 17.1 Å². The first-order valence-electron chi connectivity index (χ1n) is 8.31. The van der Waals surface area contributed by atoms with Crippen molar-refractivity contribution in [1.82, 2.24) is 5.32 Å². The first-order chi connectivity index (χ1) is 12.0. The fourth-order valence-electron chi connectivity index (χ4n) is 3.78. The summed E-state index contributed by atoms with van der Waals surface area (Å²) < 4.78 is 56.2. The van der Waals surface area contributed by atoms with E-state index in [0.29, 0.717) is 44.2 Å². The molecule has 2 bridgehead atoms. The number of fused-ring (bicyclic) bond motifs is 3. The molecule has 1 aromatic carbocycles. The van der Waals surface area contributed by atoms with Gasteiger partial charge in [0.05, 0.1) is 11.7 Å². The number of amides is 1. The number of hydrogen-bond acceptors (Lipinski definition) is 4. The molecule has 3 saturated carbocycles. The lowest BCUT2D eigenvalue weighted by Crippen LogP contribution is -2.68. The number of carbonyl (C=O) groups excluding carboxylic acids is 1. The van der Waals surface area contributed by atoms with E-state index < -0.39 is 47.3 Å². The van der Waals surface area contributed by atoms with Crippen LogP contribution < -0.4 is 15.8 Å². The van der Waals surface area contributed by atoms with Gasteiger partial charge in [-0.25, -0.2) is 4.39 Å². The molecule has 0 aliphatic heterocycles. The monoisotopic (exact) mass is 376 g/mol. The van der Waals surface area contributed by atoms with Gasteiger partial charge in [-0.2, -0.15) is 13.2 Å². The van der Waals surface area contributed by atoms with Gasteiger partial charge in [0.15, 0.2) is 6.61 Å². The third-order valence-corrected chi connectivity index (χ3v) is 5.41. The van der Waals surface area contributed by atoms with Gasteiger partial charge in [0.25, 0.3) is 5.91 Å². The lowest BCUT2D eigenvalue weighted by Gasteiger charge is -2.54. The molecule has 1 aromatic rings. The summed E-state index contributed by atoms with van der Waals surface area (Å²) in [5.74, 6) is -2.11. The zero-order valence-electron chi connectivity index (χ0n) is 13.9. The highest BCUT2D eigenvalue weighted by atomic mass is 19.4. The molecule has 4 N–H and O–H groups in total. The Labute approximate surface area is 147 Å². The Balaban J connectivity index is 1.57. The molecule has 4 rings (SSSR count). The summed E-state index contributed by atoms with van der Waals surface area (Å²) in [5.41, 5.74) is 3.58. The Hall–Kier alpha value is -1.87. The van der Waals surface area contributed by atoms with Crippen molar-refractivity contribution >= 4 is 5.91 Å². The third kappa shape index (κ3) is 3.64. The first-order valence-corrected chi connectivity index (χ1v) is 8.31. The molecule has 9 heteroatoms. The number of nitrogens with one attached hydrogen (secondary N) is 1.